The highest BCUT2D eigenvalue weighted by Gasteiger charge is 2.15. The zero-order valence-corrected chi connectivity index (χ0v) is 9.04. The summed E-state index contributed by atoms with van der Waals surface area (Å²) in [5.41, 5.74) is -0.539. The Bertz CT molecular complexity index is 832. The minimum Gasteiger partial charge on any atom is -0.504 e. The summed E-state index contributed by atoms with van der Waals surface area (Å²) in [6.45, 7) is 0. The molecule has 0 radical (unpaired) electrons. The molecule has 1 aromatic heterocycles. The molecule has 1 heterocycles. The lowest BCUT2D eigenvalue weighted by atomic mass is 10.1. The fourth-order valence-corrected chi connectivity index (χ4v) is 1.90. The number of aromatic hydroxyl groups is 3. The average Bonchev–Trinajstić information content (AvgIpc) is 2.36. The van der Waals surface area contributed by atoms with Crippen molar-refractivity contribution >= 4 is 21.9 Å². The minimum atomic E-state index is -0.519. The monoisotopic (exact) mass is 244 g/mol. The largest absolute Gasteiger partial charge is 0.504 e. The number of para-hydroxylation sites is 1. The first-order chi connectivity index (χ1) is 8.59. The van der Waals surface area contributed by atoms with Gasteiger partial charge in [-0.3, -0.25) is 4.79 Å². The maximum atomic E-state index is 12.1. The molecule has 3 aromatic rings. The summed E-state index contributed by atoms with van der Waals surface area (Å²) >= 11 is 0. The van der Waals surface area contributed by atoms with E-state index in [0.29, 0.717) is 0 Å². The van der Waals surface area contributed by atoms with Crippen LogP contribution in [-0.4, -0.2) is 15.3 Å². The van der Waals surface area contributed by atoms with Crippen LogP contribution in [0.15, 0.2) is 39.5 Å². The molecule has 0 amide bonds. The van der Waals surface area contributed by atoms with Crippen LogP contribution in [0, 0.1) is 0 Å². The standard InChI is InChI=1S/C13H8O5/c14-8-5-4-7-10(16)6-2-1-3-9(15)12(6)18-13(7)11(8)17/h1-5,14-15,17H. The third kappa shape index (κ3) is 1.24. The fourth-order valence-electron chi connectivity index (χ4n) is 1.90. The summed E-state index contributed by atoms with van der Waals surface area (Å²) in [6.07, 6.45) is 0. The van der Waals surface area contributed by atoms with Gasteiger partial charge in [-0.15, -0.1) is 0 Å². The Hall–Kier alpha value is -2.69. The lowest BCUT2D eigenvalue weighted by Crippen LogP contribution is -2.01. The van der Waals surface area contributed by atoms with Crippen LogP contribution in [0.3, 0.4) is 0 Å². The second kappa shape index (κ2) is 3.40. The maximum Gasteiger partial charge on any atom is 0.201 e. The fraction of sp³-hybridized carbons (Fsp3) is 0. The number of rotatable bonds is 0. The Morgan fingerprint density at radius 1 is 0.833 bits per heavy atom. The molecule has 0 fully saturated rings. The van der Waals surface area contributed by atoms with Crippen LogP contribution in [0.4, 0.5) is 0 Å². The van der Waals surface area contributed by atoms with Crippen molar-refractivity contribution in [2.45, 2.75) is 0 Å². The Balaban J connectivity index is 2.66. The number of phenols is 3. The highest BCUT2D eigenvalue weighted by molar-refractivity contribution is 5.95. The van der Waals surface area contributed by atoms with Gasteiger partial charge in [0.25, 0.3) is 0 Å². The molecule has 5 nitrogen and oxygen atoms in total. The van der Waals surface area contributed by atoms with Gasteiger partial charge < -0.3 is 19.7 Å². The number of hydrogen-bond donors (Lipinski definition) is 3. The van der Waals surface area contributed by atoms with Gasteiger partial charge in [0.1, 0.15) is 0 Å². The van der Waals surface area contributed by atoms with Gasteiger partial charge in [-0.1, -0.05) is 6.07 Å². The highest BCUT2D eigenvalue weighted by atomic mass is 16.4. The van der Waals surface area contributed by atoms with Crippen LogP contribution in [0.1, 0.15) is 0 Å². The lowest BCUT2D eigenvalue weighted by molar-refractivity contribution is 0.400. The summed E-state index contributed by atoms with van der Waals surface area (Å²) in [5, 5.41) is 29.0. The van der Waals surface area contributed by atoms with Crippen molar-refractivity contribution in [1.29, 1.82) is 0 Å². The molecule has 0 atom stereocenters. The van der Waals surface area contributed by atoms with E-state index >= 15 is 0 Å². The van der Waals surface area contributed by atoms with E-state index < -0.39 is 5.75 Å². The third-order valence-electron chi connectivity index (χ3n) is 2.80. The maximum absolute atomic E-state index is 12.1. The zero-order valence-electron chi connectivity index (χ0n) is 9.04. The van der Waals surface area contributed by atoms with E-state index in [4.69, 9.17) is 4.42 Å². The van der Waals surface area contributed by atoms with Crippen molar-refractivity contribution in [1.82, 2.24) is 0 Å². The lowest BCUT2D eigenvalue weighted by Gasteiger charge is -2.05. The van der Waals surface area contributed by atoms with Crippen LogP contribution in [-0.2, 0) is 0 Å². The van der Waals surface area contributed by atoms with Gasteiger partial charge in [0, 0.05) is 0 Å². The molecule has 0 aliphatic rings. The van der Waals surface area contributed by atoms with Gasteiger partial charge in [0.2, 0.25) is 11.2 Å². The van der Waals surface area contributed by atoms with Crippen molar-refractivity contribution < 1.29 is 19.7 Å². The van der Waals surface area contributed by atoms with Crippen LogP contribution in [0.5, 0.6) is 17.2 Å². The van der Waals surface area contributed by atoms with Crippen LogP contribution in [0.25, 0.3) is 21.9 Å². The first-order valence-electron chi connectivity index (χ1n) is 5.19. The smallest absolute Gasteiger partial charge is 0.201 e. The molecule has 90 valence electrons. The Morgan fingerprint density at radius 2 is 1.56 bits per heavy atom. The predicted octanol–water partition coefficient (Wildman–Crippen LogP) is 2.06. The van der Waals surface area contributed by atoms with Crippen molar-refractivity contribution in [3.63, 3.8) is 0 Å². The molecule has 5 heteroatoms. The first kappa shape index (κ1) is 10.5. The molecule has 0 unspecified atom stereocenters. The van der Waals surface area contributed by atoms with Gasteiger partial charge in [-0.05, 0) is 24.3 Å². The number of fused-ring (bicyclic) bond motifs is 2. The highest BCUT2D eigenvalue weighted by Crippen LogP contribution is 2.35. The average molecular weight is 244 g/mol. The van der Waals surface area contributed by atoms with E-state index in [1.807, 2.05) is 0 Å². The Morgan fingerprint density at radius 3 is 2.33 bits per heavy atom. The van der Waals surface area contributed by atoms with Crippen molar-refractivity contribution in [2.75, 3.05) is 0 Å². The number of phenolic OH excluding ortho intramolecular Hbond substituents is 3. The number of hydrogen-bond acceptors (Lipinski definition) is 5. The van der Waals surface area contributed by atoms with Gasteiger partial charge >= 0.3 is 0 Å². The third-order valence-corrected chi connectivity index (χ3v) is 2.80. The molecule has 3 rings (SSSR count). The summed E-state index contributed by atoms with van der Waals surface area (Å²) in [6, 6.07) is 6.99. The summed E-state index contributed by atoms with van der Waals surface area (Å²) in [4.78, 5) is 12.1. The van der Waals surface area contributed by atoms with E-state index in [9.17, 15) is 20.1 Å². The van der Waals surface area contributed by atoms with Gasteiger partial charge in [-0.25, -0.2) is 0 Å². The summed E-state index contributed by atoms with van der Waals surface area (Å²) in [7, 11) is 0. The molecule has 0 aliphatic heterocycles. The van der Waals surface area contributed by atoms with Gasteiger partial charge in [0.05, 0.1) is 10.8 Å². The molecular weight excluding hydrogens is 236 g/mol. The molecule has 18 heavy (non-hydrogen) atoms. The SMILES string of the molecule is O=c1c2cccc(O)c2oc2c(O)c(O)ccc12. The minimum absolute atomic E-state index is 0.0177. The number of benzene rings is 2. The van der Waals surface area contributed by atoms with E-state index in [1.54, 1.807) is 0 Å². The van der Waals surface area contributed by atoms with E-state index in [-0.39, 0.29) is 38.9 Å². The normalized spacial score (nSPS) is 11.1. The van der Waals surface area contributed by atoms with Gasteiger partial charge in [-0.2, -0.15) is 0 Å². The van der Waals surface area contributed by atoms with Crippen LogP contribution >= 0.6 is 0 Å². The zero-order chi connectivity index (χ0) is 12.9. The first-order valence-corrected chi connectivity index (χ1v) is 5.19. The molecule has 0 saturated carbocycles. The molecule has 3 N–H and O–H groups in total. The second-order valence-electron chi connectivity index (χ2n) is 3.89. The van der Waals surface area contributed by atoms with Crippen molar-refractivity contribution in [3.8, 4) is 17.2 Å². The van der Waals surface area contributed by atoms with E-state index in [0.717, 1.165) is 0 Å². The molecule has 2 aromatic carbocycles. The predicted molar refractivity (Wildman–Crippen MR) is 65.0 cm³/mol. The van der Waals surface area contributed by atoms with E-state index in [1.165, 1.54) is 30.3 Å². The molecular formula is C13H8O5. The van der Waals surface area contributed by atoms with E-state index in [2.05, 4.69) is 0 Å². The van der Waals surface area contributed by atoms with Crippen LogP contribution in [0.2, 0.25) is 0 Å². The quantitative estimate of drug-likeness (QED) is 0.416. The topological polar surface area (TPSA) is 90.9 Å². The van der Waals surface area contributed by atoms with Crippen molar-refractivity contribution in [2.24, 2.45) is 0 Å². The van der Waals surface area contributed by atoms with Crippen molar-refractivity contribution in [3.05, 3.63) is 40.6 Å². The summed E-state index contributed by atoms with van der Waals surface area (Å²) < 4.78 is 5.31. The molecule has 0 spiro atoms. The Labute approximate surface area is 100 Å². The second-order valence-corrected chi connectivity index (χ2v) is 3.89. The van der Waals surface area contributed by atoms with Crippen LogP contribution < -0.4 is 5.43 Å². The summed E-state index contributed by atoms with van der Waals surface area (Å²) in [5.74, 6) is -1.11. The molecule has 0 saturated heterocycles. The molecule has 0 aliphatic carbocycles. The van der Waals surface area contributed by atoms with Gasteiger partial charge in [0.15, 0.2) is 22.7 Å². The Kier molecular flexibility index (Phi) is 1.98. The molecule has 0 bridgehead atoms.